The molecule has 0 unspecified atom stereocenters. The molecule has 0 bridgehead atoms. The summed E-state index contributed by atoms with van der Waals surface area (Å²) < 4.78 is 39.3. The van der Waals surface area contributed by atoms with Crippen LogP contribution in [0.25, 0.3) is 0 Å². The van der Waals surface area contributed by atoms with Gasteiger partial charge in [0.25, 0.3) is 5.91 Å². The molecule has 1 aromatic carbocycles. The number of hydrogen-bond donors (Lipinski definition) is 2. The fourth-order valence-corrected chi connectivity index (χ4v) is 1.50. The summed E-state index contributed by atoms with van der Waals surface area (Å²) in [5.41, 5.74) is -0.834. The van der Waals surface area contributed by atoms with Gasteiger partial charge in [0.2, 0.25) is 5.82 Å². The van der Waals surface area contributed by atoms with Crippen LogP contribution in [0.5, 0.6) is 0 Å². The smallest absolute Gasteiger partial charge is 0.295 e. The third-order valence-corrected chi connectivity index (χ3v) is 2.66. The molecule has 0 aliphatic heterocycles. The van der Waals surface area contributed by atoms with E-state index in [1.165, 1.54) is 0 Å². The van der Waals surface area contributed by atoms with Gasteiger partial charge in [0.05, 0.1) is 5.69 Å². The van der Waals surface area contributed by atoms with Gasteiger partial charge in [-0.3, -0.25) is 9.89 Å². The second kappa shape index (κ2) is 5.19. The van der Waals surface area contributed by atoms with Gasteiger partial charge in [-0.15, -0.1) is 5.10 Å². The molecule has 5 nitrogen and oxygen atoms in total. The summed E-state index contributed by atoms with van der Waals surface area (Å²) in [6.07, 6.45) is 0. The van der Waals surface area contributed by atoms with Crippen LogP contribution in [0.4, 0.5) is 18.9 Å². The number of aromatic nitrogens is 3. The van der Waals surface area contributed by atoms with Crippen molar-refractivity contribution in [3.8, 4) is 0 Å². The Bertz CT molecular complexity index is 691. The van der Waals surface area contributed by atoms with Gasteiger partial charge in [0.15, 0.2) is 11.6 Å². The van der Waals surface area contributed by atoms with Gasteiger partial charge < -0.3 is 5.32 Å². The largest absolute Gasteiger partial charge is 0.317 e. The van der Waals surface area contributed by atoms with Gasteiger partial charge in [-0.25, -0.2) is 18.2 Å². The molecule has 2 N–H and O–H groups in total. The highest BCUT2D eigenvalue weighted by atomic mass is 19.2. The van der Waals surface area contributed by atoms with Crippen LogP contribution in [-0.4, -0.2) is 21.1 Å². The fraction of sp³-hybridized carbons (Fsp3) is 0.308. The first-order valence-electron chi connectivity index (χ1n) is 6.07. The van der Waals surface area contributed by atoms with Crippen molar-refractivity contribution in [2.45, 2.75) is 26.2 Å². The third-order valence-electron chi connectivity index (χ3n) is 2.66. The Labute approximate surface area is 118 Å². The Kier molecular flexibility index (Phi) is 3.71. The molecule has 0 saturated heterocycles. The first-order chi connectivity index (χ1) is 9.68. The molecule has 0 fully saturated rings. The van der Waals surface area contributed by atoms with E-state index in [0.717, 1.165) is 0 Å². The molecular formula is C13H13F3N4O. The van der Waals surface area contributed by atoms with Crippen LogP contribution in [0.15, 0.2) is 12.1 Å². The number of anilines is 1. The Morgan fingerprint density at radius 2 is 1.76 bits per heavy atom. The highest BCUT2D eigenvalue weighted by Crippen LogP contribution is 2.20. The molecule has 2 rings (SSSR count). The topological polar surface area (TPSA) is 70.7 Å². The SMILES string of the molecule is CC(C)(C)c1nc(C(=O)Nc2cc(F)c(F)cc2F)n[nH]1. The number of nitrogens with zero attached hydrogens (tertiary/aromatic N) is 2. The second-order valence-corrected chi connectivity index (χ2v) is 5.46. The van der Waals surface area contributed by atoms with Crippen LogP contribution < -0.4 is 5.32 Å². The van der Waals surface area contributed by atoms with Crippen molar-refractivity contribution in [2.24, 2.45) is 0 Å². The van der Waals surface area contributed by atoms with E-state index in [9.17, 15) is 18.0 Å². The van der Waals surface area contributed by atoms with Crippen molar-refractivity contribution >= 4 is 11.6 Å². The molecule has 8 heteroatoms. The highest BCUT2D eigenvalue weighted by Gasteiger charge is 2.22. The fourth-order valence-electron chi connectivity index (χ4n) is 1.50. The average molecular weight is 298 g/mol. The second-order valence-electron chi connectivity index (χ2n) is 5.46. The van der Waals surface area contributed by atoms with Crippen molar-refractivity contribution in [1.82, 2.24) is 15.2 Å². The van der Waals surface area contributed by atoms with E-state index >= 15 is 0 Å². The number of amides is 1. The summed E-state index contributed by atoms with van der Waals surface area (Å²) in [7, 11) is 0. The summed E-state index contributed by atoms with van der Waals surface area (Å²) in [6.45, 7) is 5.60. The molecule has 0 saturated carbocycles. The molecule has 0 spiro atoms. The van der Waals surface area contributed by atoms with Crippen LogP contribution in [0.3, 0.4) is 0 Å². The maximum Gasteiger partial charge on any atom is 0.295 e. The number of benzene rings is 1. The minimum Gasteiger partial charge on any atom is -0.317 e. The zero-order valence-electron chi connectivity index (χ0n) is 11.6. The number of carbonyl (C=O) groups excluding carboxylic acids is 1. The monoisotopic (exact) mass is 298 g/mol. The summed E-state index contributed by atoms with van der Waals surface area (Å²) in [6, 6.07) is 0.906. The minimum absolute atomic E-state index is 0.218. The Hall–Kier alpha value is -2.38. The van der Waals surface area contributed by atoms with E-state index in [4.69, 9.17) is 0 Å². The zero-order chi connectivity index (χ0) is 15.8. The van der Waals surface area contributed by atoms with E-state index in [0.29, 0.717) is 18.0 Å². The molecule has 0 aliphatic carbocycles. The lowest BCUT2D eigenvalue weighted by atomic mass is 9.96. The molecule has 0 atom stereocenters. The molecule has 1 amide bonds. The van der Waals surface area contributed by atoms with E-state index in [1.807, 2.05) is 20.8 Å². The number of H-pyrrole nitrogens is 1. The molecule has 21 heavy (non-hydrogen) atoms. The Balaban J connectivity index is 2.22. The zero-order valence-corrected chi connectivity index (χ0v) is 11.6. The van der Waals surface area contributed by atoms with Gasteiger partial charge in [0.1, 0.15) is 11.6 Å². The van der Waals surface area contributed by atoms with Crippen molar-refractivity contribution in [3.05, 3.63) is 41.2 Å². The van der Waals surface area contributed by atoms with Gasteiger partial charge in [0, 0.05) is 17.5 Å². The van der Waals surface area contributed by atoms with Crippen molar-refractivity contribution < 1.29 is 18.0 Å². The maximum absolute atomic E-state index is 13.4. The van der Waals surface area contributed by atoms with Crippen molar-refractivity contribution in [3.63, 3.8) is 0 Å². The molecule has 0 aliphatic rings. The standard InChI is InChI=1S/C13H13F3N4O/c1-13(2,3)12-18-10(19-20-12)11(21)17-9-5-7(15)6(14)4-8(9)16/h4-5H,1-3H3,(H,17,21)(H,18,19,20). The first kappa shape index (κ1) is 15.0. The van der Waals surface area contributed by atoms with Crippen LogP contribution in [-0.2, 0) is 5.41 Å². The molecule has 112 valence electrons. The molecule has 1 aromatic heterocycles. The van der Waals surface area contributed by atoms with Gasteiger partial charge in [-0.2, -0.15) is 0 Å². The Morgan fingerprint density at radius 1 is 1.14 bits per heavy atom. The molecule has 0 radical (unpaired) electrons. The summed E-state index contributed by atoms with van der Waals surface area (Å²) in [5.74, 6) is -4.27. The highest BCUT2D eigenvalue weighted by molar-refractivity contribution is 6.01. The summed E-state index contributed by atoms with van der Waals surface area (Å²) in [5, 5.41) is 8.40. The number of nitrogens with one attached hydrogen (secondary N) is 2. The number of aromatic amines is 1. The number of rotatable bonds is 2. The van der Waals surface area contributed by atoms with Crippen molar-refractivity contribution in [2.75, 3.05) is 5.32 Å². The predicted molar refractivity (Wildman–Crippen MR) is 69.4 cm³/mol. The Morgan fingerprint density at radius 3 is 2.33 bits per heavy atom. The normalized spacial score (nSPS) is 11.5. The van der Waals surface area contributed by atoms with Gasteiger partial charge in [-0.1, -0.05) is 20.8 Å². The number of halogens is 3. The van der Waals surface area contributed by atoms with Crippen LogP contribution in [0, 0.1) is 17.5 Å². The lowest BCUT2D eigenvalue weighted by Gasteiger charge is -2.12. The maximum atomic E-state index is 13.4. The van der Waals surface area contributed by atoms with E-state index in [1.54, 1.807) is 0 Å². The van der Waals surface area contributed by atoms with Gasteiger partial charge >= 0.3 is 0 Å². The van der Waals surface area contributed by atoms with Crippen molar-refractivity contribution in [1.29, 1.82) is 0 Å². The first-order valence-corrected chi connectivity index (χ1v) is 6.07. The quantitative estimate of drug-likeness (QED) is 0.837. The average Bonchev–Trinajstić information content (AvgIpc) is 2.85. The van der Waals surface area contributed by atoms with E-state index in [2.05, 4.69) is 20.5 Å². The summed E-state index contributed by atoms with van der Waals surface area (Å²) in [4.78, 5) is 15.8. The van der Waals surface area contributed by atoms with Crippen LogP contribution in [0.2, 0.25) is 0 Å². The van der Waals surface area contributed by atoms with Crippen LogP contribution in [0.1, 0.15) is 37.2 Å². The predicted octanol–water partition coefficient (Wildman–Crippen LogP) is 2.77. The lowest BCUT2D eigenvalue weighted by molar-refractivity contribution is 0.101. The minimum atomic E-state index is -1.33. The van der Waals surface area contributed by atoms with E-state index in [-0.39, 0.29) is 11.2 Å². The molecular weight excluding hydrogens is 285 g/mol. The summed E-state index contributed by atoms with van der Waals surface area (Å²) >= 11 is 0. The molecule has 2 aromatic rings. The lowest BCUT2D eigenvalue weighted by Crippen LogP contribution is -2.17. The van der Waals surface area contributed by atoms with Gasteiger partial charge in [-0.05, 0) is 0 Å². The number of carbonyl (C=O) groups is 1. The molecule has 1 heterocycles. The number of hydrogen-bond acceptors (Lipinski definition) is 3. The van der Waals surface area contributed by atoms with Crippen LogP contribution >= 0.6 is 0 Å². The van der Waals surface area contributed by atoms with E-state index < -0.39 is 29.0 Å². The third kappa shape index (κ3) is 3.21.